The van der Waals surface area contributed by atoms with Gasteiger partial charge in [0.05, 0.1) is 11.9 Å². The first kappa shape index (κ1) is 16.8. The zero-order valence-electron chi connectivity index (χ0n) is 14.1. The maximum absolute atomic E-state index is 13.1. The second-order valence-electron chi connectivity index (χ2n) is 6.45. The average Bonchev–Trinajstić information content (AvgIpc) is 2.62. The predicted octanol–water partition coefficient (Wildman–Crippen LogP) is 3.77. The summed E-state index contributed by atoms with van der Waals surface area (Å²) in [4.78, 5) is 4.11. The predicted molar refractivity (Wildman–Crippen MR) is 94.8 cm³/mol. The Kier molecular flexibility index (Phi) is 4.61. The van der Waals surface area contributed by atoms with Crippen LogP contribution < -0.4 is 5.32 Å². The van der Waals surface area contributed by atoms with Gasteiger partial charge in [0.1, 0.15) is 23.1 Å². The van der Waals surface area contributed by atoms with E-state index < -0.39 is 0 Å². The van der Waals surface area contributed by atoms with Gasteiger partial charge in [0.25, 0.3) is 0 Å². The van der Waals surface area contributed by atoms with Crippen molar-refractivity contribution in [2.75, 3.05) is 11.9 Å². The highest BCUT2D eigenvalue weighted by molar-refractivity contribution is 5.55. The third-order valence-corrected chi connectivity index (χ3v) is 4.01. The van der Waals surface area contributed by atoms with Crippen molar-refractivity contribution in [2.45, 2.75) is 19.3 Å². The zero-order chi connectivity index (χ0) is 17.9. The summed E-state index contributed by atoms with van der Waals surface area (Å²) < 4.78 is 13.1. The van der Waals surface area contributed by atoms with Crippen molar-refractivity contribution < 1.29 is 9.50 Å². The Hall–Kier alpha value is -3.02. The summed E-state index contributed by atoms with van der Waals surface area (Å²) in [5, 5.41) is 20.9. The second-order valence-corrected chi connectivity index (χ2v) is 6.45. The van der Waals surface area contributed by atoms with Crippen LogP contribution in [0.3, 0.4) is 0 Å². The minimum atomic E-state index is -0.239. The normalized spacial score (nSPS) is 11.3. The largest absolute Gasteiger partial charge is 0.506 e. The lowest BCUT2D eigenvalue weighted by atomic mass is 9.84. The van der Waals surface area contributed by atoms with E-state index in [-0.39, 0.29) is 17.0 Å². The van der Waals surface area contributed by atoms with Crippen molar-refractivity contribution >= 4 is 5.82 Å². The van der Waals surface area contributed by atoms with E-state index in [1.807, 2.05) is 12.1 Å². The molecule has 6 heteroatoms. The van der Waals surface area contributed by atoms with Crippen molar-refractivity contribution in [3.63, 3.8) is 0 Å². The first-order valence-electron chi connectivity index (χ1n) is 7.93. The van der Waals surface area contributed by atoms with Crippen LogP contribution in [0, 0.1) is 5.82 Å². The molecule has 25 heavy (non-hydrogen) atoms. The Morgan fingerprint density at radius 2 is 1.68 bits per heavy atom. The van der Waals surface area contributed by atoms with Crippen LogP contribution in [0.15, 0.2) is 54.7 Å². The van der Waals surface area contributed by atoms with E-state index in [0.717, 1.165) is 5.56 Å². The summed E-state index contributed by atoms with van der Waals surface area (Å²) in [6.45, 7) is 4.79. The third kappa shape index (κ3) is 4.09. The van der Waals surface area contributed by atoms with Crippen LogP contribution in [0.5, 0.6) is 5.75 Å². The smallest absolute Gasteiger partial charge is 0.148 e. The monoisotopic (exact) mass is 338 g/mol. The molecule has 0 radical (unpaired) electrons. The number of hydrogen-bond acceptors (Lipinski definition) is 5. The molecule has 0 atom stereocenters. The highest BCUT2D eigenvalue weighted by Gasteiger charge is 2.20. The lowest BCUT2D eigenvalue weighted by molar-refractivity contribution is 0.473. The lowest BCUT2D eigenvalue weighted by Gasteiger charge is -2.25. The standard InChI is InChI=1S/C19H19FN4O/c1-19(2,13-3-5-14(20)6-4-13)12-22-18-10-9-17(23-24-18)16-8-7-15(25)11-21-16/h3-11,25H,12H2,1-2H3,(H,22,24). The molecule has 0 bridgehead atoms. The topological polar surface area (TPSA) is 70.9 Å². The van der Waals surface area contributed by atoms with Gasteiger partial charge in [-0.1, -0.05) is 26.0 Å². The molecule has 0 aliphatic carbocycles. The van der Waals surface area contributed by atoms with Gasteiger partial charge in [0, 0.05) is 12.0 Å². The Bertz CT molecular complexity index is 831. The van der Waals surface area contributed by atoms with Gasteiger partial charge in [-0.05, 0) is 42.0 Å². The van der Waals surface area contributed by atoms with Crippen LogP contribution in [-0.4, -0.2) is 26.8 Å². The summed E-state index contributed by atoms with van der Waals surface area (Å²) in [6.07, 6.45) is 1.37. The average molecular weight is 338 g/mol. The Morgan fingerprint density at radius 1 is 0.960 bits per heavy atom. The summed E-state index contributed by atoms with van der Waals surface area (Å²) in [5.74, 6) is 0.521. The third-order valence-electron chi connectivity index (χ3n) is 4.01. The zero-order valence-corrected chi connectivity index (χ0v) is 14.1. The number of aromatic nitrogens is 3. The van der Waals surface area contributed by atoms with Crippen LogP contribution in [0.1, 0.15) is 19.4 Å². The molecular weight excluding hydrogens is 319 g/mol. The van der Waals surface area contributed by atoms with Gasteiger partial charge in [-0.25, -0.2) is 4.39 Å². The number of nitrogens with zero attached hydrogens (tertiary/aromatic N) is 3. The minimum absolute atomic E-state index is 0.109. The first-order valence-corrected chi connectivity index (χ1v) is 7.93. The van der Waals surface area contributed by atoms with E-state index in [9.17, 15) is 9.50 Å². The molecule has 0 unspecified atom stereocenters. The molecule has 2 N–H and O–H groups in total. The Labute approximate surface area is 145 Å². The van der Waals surface area contributed by atoms with Crippen molar-refractivity contribution in [1.82, 2.24) is 15.2 Å². The van der Waals surface area contributed by atoms with E-state index in [1.165, 1.54) is 18.3 Å². The van der Waals surface area contributed by atoms with Crippen molar-refractivity contribution in [1.29, 1.82) is 0 Å². The number of aromatic hydroxyl groups is 1. The number of nitrogens with one attached hydrogen (secondary N) is 1. The van der Waals surface area contributed by atoms with Gasteiger partial charge in [0.2, 0.25) is 0 Å². The first-order chi connectivity index (χ1) is 11.9. The van der Waals surface area contributed by atoms with Gasteiger partial charge >= 0.3 is 0 Å². The summed E-state index contributed by atoms with van der Waals surface area (Å²) >= 11 is 0. The number of pyridine rings is 1. The molecule has 128 valence electrons. The molecule has 0 spiro atoms. The molecule has 1 aromatic carbocycles. The highest BCUT2D eigenvalue weighted by Crippen LogP contribution is 2.24. The Morgan fingerprint density at radius 3 is 2.28 bits per heavy atom. The molecule has 3 rings (SSSR count). The Balaban J connectivity index is 1.67. The van der Waals surface area contributed by atoms with Gasteiger partial charge in [-0.15, -0.1) is 10.2 Å². The fraction of sp³-hybridized carbons (Fsp3) is 0.211. The number of anilines is 1. The molecule has 2 aromatic heterocycles. The van der Waals surface area contributed by atoms with Crippen molar-refractivity contribution in [3.8, 4) is 17.1 Å². The molecule has 0 aliphatic rings. The fourth-order valence-corrected chi connectivity index (χ4v) is 2.42. The minimum Gasteiger partial charge on any atom is -0.506 e. The molecule has 5 nitrogen and oxygen atoms in total. The number of hydrogen-bond donors (Lipinski definition) is 2. The fourth-order valence-electron chi connectivity index (χ4n) is 2.42. The number of halogens is 1. The van der Waals surface area contributed by atoms with Crippen LogP contribution in [-0.2, 0) is 5.41 Å². The van der Waals surface area contributed by atoms with Crippen molar-refractivity contribution in [2.24, 2.45) is 0 Å². The maximum atomic E-state index is 13.1. The highest BCUT2D eigenvalue weighted by atomic mass is 19.1. The van der Waals surface area contributed by atoms with E-state index in [0.29, 0.717) is 23.8 Å². The van der Waals surface area contributed by atoms with Crippen LogP contribution in [0.2, 0.25) is 0 Å². The number of rotatable bonds is 5. The van der Waals surface area contributed by atoms with Crippen LogP contribution in [0.4, 0.5) is 10.2 Å². The van der Waals surface area contributed by atoms with E-state index in [4.69, 9.17) is 0 Å². The van der Waals surface area contributed by atoms with Gasteiger partial charge < -0.3 is 10.4 Å². The van der Waals surface area contributed by atoms with E-state index >= 15 is 0 Å². The molecule has 0 saturated heterocycles. The summed E-state index contributed by atoms with van der Waals surface area (Å²) in [6, 6.07) is 13.4. The van der Waals surface area contributed by atoms with Crippen LogP contribution in [0.25, 0.3) is 11.4 Å². The van der Waals surface area contributed by atoms with Crippen molar-refractivity contribution in [3.05, 3.63) is 66.1 Å². The molecule has 2 heterocycles. The summed E-state index contributed by atoms with van der Waals surface area (Å²) in [7, 11) is 0. The summed E-state index contributed by atoms with van der Waals surface area (Å²) in [5.41, 5.74) is 2.12. The van der Waals surface area contributed by atoms with Gasteiger partial charge in [-0.2, -0.15) is 0 Å². The molecular formula is C19H19FN4O. The van der Waals surface area contributed by atoms with Gasteiger partial charge in [-0.3, -0.25) is 4.98 Å². The molecule has 0 fully saturated rings. The van der Waals surface area contributed by atoms with Gasteiger partial charge in [0.15, 0.2) is 0 Å². The molecule has 3 aromatic rings. The molecule has 0 amide bonds. The number of benzene rings is 1. The van der Waals surface area contributed by atoms with Crippen LogP contribution >= 0.6 is 0 Å². The SMILES string of the molecule is CC(C)(CNc1ccc(-c2ccc(O)cn2)nn1)c1ccc(F)cc1. The van der Waals surface area contributed by atoms with E-state index in [2.05, 4.69) is 34.3 Å². The molecule has 0 aliphatic heterocycles. The quantitative estimate of drug-likeness (QED) is 0.741. The molecule has 0 saturated carbocycles. The lowest BCUT2D eigenvalue weighted by Crippen LogP contribution is -2.28. The van der Waals surface area contributed by atoms with E-state index in [1.54, 1.807) is 24.3 Å². The second kappa shape index (κ2) is 6.84. The maximum Gasteiger partial charge on any atom is 0.148 e.